The van der Waals surface area contributed by atoms with Crippen molar-refractivity contribution in [2.45, 2.75) is 45.6 Å². The first-order chi connectivity index (χ1) is 9.44. The van der Waals surface area contributed by atoms with Crippen LogP contribution in [0, 0.1) is 12.3 Å². The molecule has 0 unspecified atom stereocenters. The Labute approximate surface area is 122 Å². The van der Waals surface area contributed by atoms with Gasteiger partial charge in [0.1, 0.15) is 0 Å². The third-order valence-corrected chi connectivity index (χ3v) is 5.08. The standard InChI is InChI=1S/C14H20N2O3S/c1-10-11(20-9-15-10)8-16(2)12(17)7-14(13(18)19)5-3-4-6-14/h9H,3-8H2,1-2H3,(H,18,19). The molecule has 0 bridgehead atoms. The summed E-state index contributed by atoms with van der Waals surface area (Å²) in [5.74, 6) is -0.923. The average Bonchev–Trinajstić information content (AvgIpc) is 3.00. The van der Waals surface area contributed by atoms with Crippen molar-refractivity contribution in [1.82, 2.24) is 9.88 Å². The van der Waals surface area contributed by atoms with E-state index in [2.05, 4.69) is 4.98 Å². The van der Waals surface area contributed by atoms with Crippen molar-refractivity contribution < 1.29 is 14.7 Å². The normalized spacial score (nSPS) is 17.1. The van der Waals surface area contributed by atoms with E-state index in [0.29, 0.717) is 19.4 Å². The van der Waals surface area contributed by atoms with Gasteiger partial charge in [-0.3, -0.25) is 9.59 Å². The van der Waals surface area contributed by atoms with Gasteiger partial charge in [0.25, 0.3) is 0 Å². The van der Waals surface area contributed by atoms with Crippen molar-refractivity contribution >= 4 is 23.2 Å². The molecule has 0 aromatic carbocycles. The zero-order valence-electron chi connectivity index (χ0n) is 11.9. The first kappa shape index (κ1) is 15.0. The number of aromatic nitrogens is 1. The minimum Gasteiger partial charge on any atom is -0.481 e. The van der Waals surface area contributed by atoms with Crippen LogP contribution in [0.5, 0.6) is 0 Å². The monoisotopic (exact) mass is 296 g/mol. The molecule has 2 rings (SSSR count). The molecule has 110 valence electrons. The van der Waals surface area contributed by atoms with E-state index in [1.165, 1.54) is 11.3 Å². The van der Waals surface area contributed by atoms with E-state index in [1.54, 1.807) is 17.5 Å². The second-order valence-corrected chi connectivity index (χ2v) is 6.52. The first-order valence-corrected chi connectivity index (χ1v) is 7.69. The molecule has 0 spiro atoms. The van der Waals surface area contributed by atoms with E-state index in [4.69, 9.17) is 0 Å². The van der Waals surface area contributed by atoms with Crippen molar-refractivity contribution in [2.75, 3.05) is 7.05 Å². The maximum Gasteiger partial charge on any atom is 0.310 e. The van der Waals surface area contributed by atoms with Crippen LogP contribution in [-0.4, -0.2) is 33.9 Å². The number of carboxylic acid groups (broad SMARTS) is 1. The second kappa shape index (κ2) is 5.91. The SMILES string of the molecule is Cc1ncsc1CN(C)C(=O)CC1(C(=O)O)CCCC1. The number of thiazole rings is 1. The molecule has 1 fully saturated rings. The highest BCUT2D eigenvalue weighted by atomic mass is 32.1. The van der Waals surface area contributed by atoms with Gasteiger partial charge in [0.05, 0.1) is 23.2 Å². The summed E-state index contributed by atoms with van der Waals surface area (Å²) in [4.78, 5) is 30.6. The molecule has 6 heteroatoms. The minimum atomic E-state index is -0.839. The van der Waals surface area contributed by atoms with Crippen molar-refractivity contribution in [3.05, 3.63) is 16.1 Å². The quantitative estimate of drug-likeness (QED) is 0.906. The summed E-state index contributed by atoms with van der Waals surface area (Å²) in [6.45, 7) is 2.42. The van der Waals surface area contributed by atoms with Crippen molar-refractivity contribution in [3.63, 3.8) is 0 Å². The zero-order valence-corrected chi connectivity index (χ0v) is 12.7. The van der Waals surface area contributed by atoms with Crippen LogP contribution in [0.15, 0.2) is 5.51 Å². The highest BCUT2D eigenvalue weighted by Gasteiger charge is 2.43. The molecule has 0 saturated heterocycles. The Morgan fingerprint density at radius 3 is 2.60 bits per heavy atom. The van der Waals surface area contributed by atoms with Gasteiger partial charge in [-0.15, -0.1) is 11.3 Å². The number of carbonyl (C=O) groups excluding carboxylic acids is 1. The number of rotatable bonds is 5. The lowest BCUT2D eigenvalue weighted by Gasteiger charge is -2.26. The molecule has 0 radical (unpaired) electrons. The predicted molar refractivity (Wildman–Crippen MR) is 76.5 cm³/mol. The summed E-state index contributed by atoms with van der Waals surface area (Å²) < 4.78 is 0. The average molecular weight is 296 g/mol. The summed E-state index contributed by atoms with van der Waals surface area (Å²) in [6, 6.07) is 0. The number of hydrogen-bond donors (Lipinski definition) is 1. The molecule has 0 aliphatic heterocycles. The Kier molecular flexibility index (Phi) is 4.42. The Morgan fingerprint density at radius 2 is 2.10 bits per heavy atom. The van der Waals surface area contributed by atoms with Gasteiger partial charge in [-0.1, -0.05) is 12.8 Å². The van der Waals surface area contributed by atoms with Crippen LogP contribution in [0.2, 0.25) is 0 Å². The molecule has 1 aromatic rings. The van der Waals surface area contributed by atoms with E-state index < -0.39 is 11.4 Å². The van der Waals surface area contributed by atoms with Gasteiger partial charge in [0.2, 0.25) is 5.91 Å². The smallest absolute Gasteiger partial charge is 0.310 e. The number of aryl methyl sites for hydroxylation is 1. The third kappa shape index (κ3) is 3.00. The van der Waals surface area contributed by atoms with Crippen LogP contribution in [0.3, 0.4) is 0 Å². The lowest BCUT2D eigenvalue weighted by atomic mass is 9.82. The largest absolute Gasteiger partial charge is 0.481 e. The van der Waals surface area contributed by atoms with Gasteiger partial charge in [0, 0.05) is 18.3 Å². The Hall–Kier alpha value is -1.43. The molecular weight excluding hydrogens is 276 g/mol. The lowest BCUT2D eigenvalue weighted by molar-refractivity contribution is -0.153. The summed E-state index contributed by atoms with van der Waals surface area (Å²) in [5, 5.41) is 9.42. The summed E-state index contributed by atoms with van der Waals surface area (Å²) >= 11 is 1.52. The van der Waals surface area contributed by atoms with Gasteiger partial charge in [-0.2, -0.15) is 0 Å². The number of carbonyl (C=O) groups is 2. The maximum absolute atomic E-state index is 12.3. The fourth-order valence-corrected chi connectivity index (χ4v) is 3.55. The third-order valence-electron chi connectivity index (χ3n) is 4.16. The van der Waals surface area contributed by atoms with Crippen molar-refractivity contribution in [2.24, 2.45) is 5.41 Å². The van der Waals surface area contributed by atoms with Crippen LogP contribution in [0.25, 0.3) is 0 Å². The van der Waals surface area contributed by atoms with Crippen molar-refractivity contribution in [1.29, 1.82) is 0 Å². The first-order valence-electron chi connectivity index (χ1n) is 6.81. The number of nitrogens with zero attached hydrogens (tertiary/aromatic N) is 2. The van der Waals surface area contributed by atoms with Crippen LogP contribution >= 0.6 is 11.3 Å². The number of hydrogen-bond acceptors (Lipinski definition) is 4. The van der Waals surface area contributed by atoms with Gasteiger partial charge in [0.15, 0.2) is 0 Å². The Balaban J connectivity index is 2.00. The molecule has 1 aromatic heterocycles. The second-order valence-electron chi connectivity index (χ2n) is 5.58. The van der Waals surface area contributed by atoms with Gasteiger partial charge < -0.3 is 10.0 Å². The summed E-state index contributed by atoms with van der Waals surface area (Å²) in [5.41, 5.74) is 1.86. The van der Waals surface area contributed by atoms with E-state index in [1.807, 2.05) is 6.92 Å². The molecule has 20 heavy (non-hydrogen) atoms. The molecule has 1 N–H and O–H groups in total. The van der Waals surface area contributed by atoms with E-state index in [0.717, 1.165) is 23.4 Å². The molecule has 1 amide bonds. The van der Waals surface area contributed by atoms with Crippen molar-refractivity contribution in [3.8, 4) is 0 Å². The van der Waals surface area contributed by atoms with Crippen LogP contribution < -0.4 is 0 Å². The van der Waals surface area contributed by atoms with Gasteiger partial charge >= 0.3 is 5.97 Å². The van der Waals surface area contributed by atoms with Gasteiger partial charge in [-0.05, 0) is 19.8 Å². The Bertz CT molecular complexity index is 506. The maximum atomic E-state index is 12.3. The molecule has 1 saturated carbocycles. The number of amides is 1. The highest BCUT2D eigenvalue weighted by molar-refractivity contribution is 7.09. The molecule has 1 heterocycles. The molecule has 5 nitrogen and oxygen atoms in total. The van der Waals surface area contributed by atoms with Crippen LogP contribution in [0.4, 0.5) is 0 Å². The lowest BCUT2D eigenvalue weighted by Crippen LogP contribution is -2.36. The topological polar surface area (TPSA) is 70.5 Å². The fourth-order valence-electron chi connectivity index (χ4n) is 2.72. The molecule has 1 aliphatic rings. The fraction of sp³-hybridized carbons (Fsp3) is 0.643. The summed E-state index contributed by atoms with van der Waals surface area (Å²) in [6.07, 6.45) is 3.13. The molecule has 1 aliphatic carbocycles. The van der Waals surface area contributed by atoms with E-state index in [9.17, 15) is 14.7 Å². The molecule has 0 atom stereocenters. The van der Waals surface area contributed by atoms with Crippen LogP contribution in [0.1, 0.15) is 42.7 Å². The predicted octanol–water partition coefficient (Wildman–Crippen LogP) is 2.45. The van der Waals surface area contributed by atoms with Crippen LogP contribution in [-0.2, 0) is 16.1 Å². The van der Waals surface area contributed by atoms with E-state index >= 15 is 0 Å². The zero-order chi connectivity index (χ0) is 14.8. The number of carboxylic acids is 1. The Morgan fingerprint density at radius 1 is 1.45 bits per heavy atom. The highest BCUT2D eigenvalue weighted by Crippen LogP contribution is 2.41. The van der Waals surface area contributed by atoms with Gasteiger partial charge in [-0.25, -0.2) is 4.98 Å². The van der Waals surface area contributed by atoms with E-state index in [-0.39, 0.29) is 12.3 Å². The summed E-state index contributed by atoms with van der Waals surface area (Å²) in [7, 11) is 1.73. The number of aliphatic carboxylic acids is 1. The minimum absolute atomic E-state index is 0.0953. The molecular formula is C14H20N2O3S.